The van der Waals surface area contributed by atoms with Crippen LogP contribution in [0.2, 0.25) is 5.02 Å². The van der Waals surface area contributed by atoms with Gasteiger partial charge in [-0.2, -0.15) is 0 Å². The predicted octanol–water partition coefficient (Wildman–Crippen LogP) is 3.78. The first-order valence-corrected chi connectivity index (χ1v) is 9.44. The molecule has 0 saturated carbocycles. The number of Topliss-reactive ketones (excluding diaryl/α,β-unsaturated/α-hetero) is 1. The lowest BCUT2D eigenvalue weighted by Gasteiger charge is -2.28. The Labute approximate surface area is 168 Å². The summed E-state index contributed by atoms with van der Waals surface area (Å²) in [6.07, 6.45) is -0.351. The third kappa shape index (κ3) is 5.44. The summed E-state index contributed by atoms with van der Waals surface area (Å²) in [5.74, 6) is -1.91. The number of carbonyl (C=O) groups excluding carboxylic acids is 3. The van der Waals surface area contributed by atoms with Crippen molar-refractivity contribution in [2.24, 2.45) is 5.92 Å². The van der Waals surface area contributed by atoms with Crippen LogP contribution >= 0.6 is 11.6 Å². The summed E-state index contributed by atoms with van der Waals surface area (Å²) >= 11 is 5.77. The summed E-state index contributed by atoms with van der Waals surface area (Å²) in [6.45, 7) is 5.20. The van der Waals surface area contributed by atoms with E-state index in [0.29, 0.717) is 5.56 Å². The molecule has 0 aromatic heterocycles. The number of amides is 1. The van der Waals surface area contributed by atoms with E-state index < -0.39 is 35.4 Å². The van der Waals surface area contributed by atoms with Gasteiger partial charge in [0.05, 0.1) is 24.1 Å². The van der Waals surface area contributed by atoms with Gasteiger partial charge in [0, 0.05) is 13.0 Å². The van der Waals surface area contributed by atoms with E-state index in [-0.39, 0.29) is 36.6 Å². The molecule has 1 amide bonds. The highest BCUT2D eigenvalue weighted by Crippen LogP contribution is 2.28. The number of ketones is 1. The third-order valence-electron chi connectivity index (χ3n) is 4.51. The highest BCUT2D eigenvalue weighted by atomic mass is 35.5. The molecule has 0 N–H and O–H groups in total. The first kappa shape index (κ1) is 22.1. The number of nitrogens with zero attached hydrogens (tertiary/aromatic N) is 1. The normalized spacial score (nSPS) is 19.4. The second-order valence-electron chi connectivity index (χ2n) is 7.78. The van der Waals surface area contributed by atoms with Crippen LogP contribution in [0, 0.1) is 11.7 Å². The molecule has 0 spiro atoms. The van der Waals surface area contributed by atoms with Crippen molar-refractivity contribution in [3.8, 4) is 0 Å². The molecule has 0 aliphatic carbocycles. The number of benzene rings is 1. The van der Waals surface area contributed by atoms with Gasteiger partial charge >= 0.3 is 12.1 Å². The Morgan fingerprint density at radius 2 is 1.96 bits per heavy atom. The number of halogens is 2. The maximum absolute atomic E-state index is 14.0. The standard InChI is InChI=1S/C20H25ClFNO5/c1-20(2,3)28-19(26)23-11-13(18(25)27-4)10-15(23)16(24)9-8-12-6-5-7-14(21)17(12)22/h5-7,13,15H,8-11H2,1-4H3/t13-,15-/m0/s1. The SMILES string of the molecule is COC(=O)[C@H]1C[C@@H](C(=O)CCc2cccc(Cl)c2F)N(C(=O)OC(C)(C)C)C1. The van der Waals surface area contributed by atoms with E-state index in [0.717, 1.165) is 0 Å². The Kier molecular flexibility index (Phi) is 7.04. The van der Waals surface area contributed by atoms with Crippen LogP contribution in [0.1, 0.15) is 39.2 Å². The van der Waals surface area contributed by atoms with Gasteiger partial charge in [-0.15, -0.1) is 0 Å². The molecule has 1 aliphatic heterocycles. The maximum atomic E-state index is 14.0. The van der Waals surface area contributed by atoms with Crippen molar-refractivity contribution >= 4 is 29.4 Å². The van der Waals surface area contributed by atoms with Crippen molar-refractivity contribution in [3.05, 3.63) is 34.6 Å². The van der Waals surface area contributed by atoms with Gasteiger partial charge in [0.15, 0.2) is 5.78 Å². The van der Waals surface area contributed by atoms with Crippen molar-refractivity contribution in [1.29, 1.82) is 0 Å². The number of hydrogen-bond acceptors (Lipinski definition) is 5. The molecule has 1 heterocycles. The zero-order chi connectivity index (χ0) is 21.1. The van der Waals surface area contributed by atoms with Crippen LogP contribution in [0.5, 0.6) is 0 Å². The van der Waals surface area contributed by atoms with Crippen LogP contribution in [0.25, 0.3) is 0 Å². The van der Waals surface area contributed by atoms with Crippen LogP contribution in [0.4, 0.5) is 9.18 Å². The molecule has 1 fully saturated rings. The molecule has 2 atom stereocenters. The van der Waals surface area contributed by atoms with Crippen LogP contribution in [-0.4, -0.2) is 48.0 Å². The minimum absolute atomic E-state index is 0.00745. The highest BCUT2D eigenvalue weighted by molar-refractivity contribution is 6.30. The Balaban J connectivity index is 2.13. The molecule has 1 saturated heterocycles. The highest BCUT2D eigenvalue weighted by Gasteiger charge is 2.44. The molecule has 8 heteroatoms. The lowest BCUT2D eigenvalue weighted by atomic mass is 9.98. The Bertz CT molecular complexity index is 761. The lowest BCUT2D eigenvalue weighted by molar-refractivity contribution is -0.144. The molecule has 154 valence electrons. The minimum Gasteiger partial charge on any atom is -0.469 e. The molecular formula is C20H25ClFNO5. The van der Waals surface area contributed by atoms with Crippen molar-refractivity contribution in [3.63, 3.8) is 0 Å². The molecule has 1 aliphatic rings. The van der Waals surface area contributed by atoms with Crippen LogP contribution in [0.15, 0.2) is 18.2 Å². The van der Waals surface area contributed by atoms with Crippen LogP contribution in [-0.2, 0) is 25.5 Å². The summed E-state index contributed by atoms with van der Waals surface area (Å²) < 4.78 is 24.2. The topological polar surface area (TPSA) is 72.9 Å². The maximum Gasteiger partial charge on any atom is 0.410 e. The van der Waals surface area contributed by atoms with E-state index in [2.05, 4.69) is 0 Å². The van der Waals surface area contributed by atoms with Gasteiger partial charge in [0.1, 0.15) is 11.4 Å². The summed E-state index contributed by atoms with van der Waals surface area (Å²) in [7, 11) is 1.26. The summed E-state index contributed by atoms with van der Waals surface area (Å²) in [5.41, 5.74) is -0.412. The van der Waals surface area contributed by atoms with Gasteiger partial charge < -0.3 is 9.47 Å². The van der Waals surface area contributed by atoms with Gasteiger partial charge in [-0.3, -0.25) is 14.5 Å². The fourth-order valence-corrected chi connectivity index (χ4v) is 3.36. The fraction of sp³-hybridized carbons (Fsp3) is 0.550. The smallest absolute Gasteiger partial charge is 0.410 e. The van der Waals surface area contributed by atoms with E-state index in [1.165, 1.54) is 18.1 Å². The number of rotatable bonds is 5. The largest absolute Gasteiger partial charge is 0.469 e. The van der Waals surface area contributed by atoms with E-state index in [1.807, 2.05) is 0 Å². The number of ether oxygens (including phenoxy) is 2. The van der Waals surface area contributed by atoms with Crippen molar-refractivity contribution in [2.45, 2.75) is 51.7 Å². The molecule has 0 radical (unpaired) electrons. The van der Waals surface area contributed by atoms with Gasteiger partial charge in [-0.1, -0.05) is 23.7 Å². The molecule has 1 aromatic rings. The zero-order valence-corrected chi connectivity index (χ0v) is 17.2. The van der Waals surface area contributed by atoms with Crippen molar-refractivity contribution in [1.82, 2.24) is 4.90 Å². The molecule has 0 bridgehead atoms. The average molecular weight is 414 g/mol. The monoisotopic (exact) mass is 413 g/mol. The lowest BCUT2D eigenvalue weighted by Crippen LogP contribution is -2.43. The quantitative estimate of drug-likeness (QED) is 0.687. The third-order valence-corrected chi connectivity index (χ3v) is 4.80. The Morgan fingerprint density at radius 1 is 1.29 bits per heavy atom. The van der Waals surface area contributed by atoms with E-state index >= 15 is 0 Å². The first-order valence-electron chi connectivity index (χ1n) is 9.06. The van der Waals surface area contributed by atoms with Gasteiger partial charge in [0.2, 0.25) is 0 Å². The average Bonchev–Trinajstić information content (AvgIpc) is 3.06. The van der Waals surface area contributed by atoms with Crippen molar-refractivity contribution < 1.29 is 28.2 Å². The number of hydrogen-bond donors (Lipinski definition) is 0. The zero-order valence-electron chi connectivity index (χ0n) is 16.5. The van der Waals surface area contributed by atoms with Gasteiger partial charge in [-0.05, 0) is 45.2 Å². The van der Waals surface area contributed by atoms with Gasteiger partial charge in [-0.25, -0.2) is 9.18 Å². The second-order valence-corrected chi connectivity index (χ2v) is 8.19. The number of methoxy groups -OCH3 is 1. The van der Waals surface area contributed by atoms with Gasteiger partial charge in [0.25, 0.3) is 0 Å². The van der Waals surface area contributed by atoms with Crippen LogP contribution in [0.3, 0.4) is 0 Å². The Hall–Kier alpha value is -2.15. The van der Waals surface area contributed by atoms with Crippen LogP contribution < -0.4 is 0 Å². The van der Waals surface area contributed by atoms with E-state index in [1.54, 1.807) is 32.9 Å². The fourth-order valence-electron chi connectivity index (χ4n) is 3.17. The minimum atomic E-state index is -0.818. The summed E-state index contributed by atoms with van der Waals surface area (Å²) in [5, 5.41) is -0.00745. The number of likely N-dealkylation sites (tertiary alicyclic amines) is 1. The summed E-state index contributed by atoms with van der Waals surface area (Å²) in [6, 6.07) is 3.79. The molecular weight excluding hydrogens is 389 g/mol. The van der Waals surface area contributed by atoms with E-state index in [4.69, 9.17) is 21.1 Å². The molecule has 2 rings (SSSR count). The molecule has 6 nitrogen and oxygen atoms in total. The molecule has 28 heavy (non-hydrogen) atoms. The summed E-state index contributed by atoms with van der Waals surface area (Å²) in [4.78, 5) is 38.5. The predicted molar refractivity (Wildman–Crippen MR) is 102 cm³/mol. The van der Waals surface area contributed by atoms with E-state index in [9.17, 15) is 18.8 Å². The van der Waals surface area contributed by atoms with Crippen molar-refractivity contribution in [2.75, 3.05) is 13.7 Å². The second kappa shape index (κ2) is 8.90. The molecule has 1 aromatic carbocycles. The Morgan fingerprint density at radius 3 is 2.57 bits per heavy atom. The number of carbonyl (C=O) groups is 3. The number of esters is 1. The first-order chi connectivity index (χ1) is 13.0. The molecule has 0 unspecified atom stereocenters. The number of aryl methyl sites for hydroxylation is 1.